The second-order valence-corrected chi connectivity index (χ2v) is 2.98. The maximum atomic E-state index is 13.2. The highest BCUT2D eigenvalue weighted by atomic mass is 19.1. The van der Waals surface area contributed by atoms with Crippen LogP contribution in [0.3, 0.4) is 0 Å². The summed E-state index contributed by atoms with van der Waals surface area (Å²) in [6.07, 6.45) is -1.74. The van der Waals surface area contributed by atoms with Gasteiger partial charge in [0.2, 0.25) is 5.91 Å². The summed E-state index contributed by atoms with van der Waals surface area (Å²) in [5, 5.41) is 2.38. The minimum Gasteiger partial charge on any atom is -0.374 e. The van der Waals surface area contributed by atoms with E-state index in [-0.39, 0.29) is 12.5 Å². The van der Waals surface area contributed by atoms with E-state index in [1.165, 1.54) is 6.92 Å². The van der Waals surface area contributed by atoms with Crippen LogP contribution >= 0.6 is 0 Å². The van der Waals surface area contributed by atoms with Gasteiger partial charge in [-0.25, -0.2) is 4.39 Å². The van der Waals surface area contributed by atoms with Crippen molar-refractivity contribution in [2.24, 2.45) is 5.84 Å². The van der Waals surface area contributed by atoms with Gasteiger partial charge in [0, 0.05) is 13.5 Å². The van der Waals surface area contributed by atoms with Gasteiger partial charge in [0.1, 0.15) is 6.17 Å². The van der Waals surface area contributed by atoms with Crippen molar-refractivity contribution in [2.75, 3.05) is 19.7 Å². The average molecular weight is 207 g/mol. The van der Waals surface area contributed by atoms with Crippen molar-refractivity contribution in [1.82, 2.24) is 10.7 Å². The van der Waals surface area contributed by atoms with E-state index in [0.717, 1.165) is 0 Å². The molecule has 0 fully saturated rings. The zero-order valence-electron chi connectivity index (χ0n) is 8.55. The number of ether oxygens (including phenoxy) is 1. The number of hydrogen-bond donors (Lipinski definition) is 3. The summed E-state index contributed by atoms with van der Waals surface area (Å²) in [4.78, 5) is 10.5. The first-order valence-corrected chi connectivity index (χ1v) is 4.51. The fourth-order valence-corrected chi connectivity index (χ4v) is 0.815. The maximum absolute atomic E-state index is 13.2. The molecule has 14 heavy (non-hydrogen) atoms. The molecule has 4 N–H and O–H groups in total. The molecule has 84 valence electrons. The van der Waals surface area contributed by atoms with Gasteiger partial charge in [-0.2, -0.15) is 0 Å². The zero-order valence-corrected chi connectivity index (χ0v) is 8.55. The Balaban J connectivity index is 3.53. The minimum atomic E-state index is -1.20. The third kappa shape index (κ3) is 6.76. The van der Waals surface area contributed by atoms with Gasteiger partial charge in [-0.15, -0.1) is 0 Å². The molecular weight excluding hydrogens is 189 g/mol. The maximum Gasteiger partial charge on any atom is 0.216 e. The van der Waals surface area contributed by atoms with E-state index in [4.69, 9.17) is 10.6 Å². The Labute approximate surface area is 83.1 Å². The quantitative estimate of drug-likeness (QED) is 0.294. The summed E-state index contributed by atoms with van der Waals surface area (Å²) in [5.74, 6) is 4.76. The molecule has 2 atom stereocenters. The third-order valence-electron chi connectivity index (χ3n) is 1.68. The number of nitrogens with two attached hydrogens (primary N) is 1. The van der Waals surface area contributed by atoms with Crippen LogP contribution in [0.25, 0.3) is 0 Å². The van der Waals surface area contributed by atoms with Crippen LogP contribution in [-0.2, 0) is 9.53 Å². The van der Waals surface area contributed by atoms with Crippen LogP contribution in [0.4, 0.5) is 4.39 Å². The number of hydrazine groups is 1. The normalized spacial score (nSPS) is 14.9. The highest BCUT2D eigenvalue weighted by molar-refractivity contribution is 5.72. The van der Waals surface area contributed by atoms with Gasteiger partial charge in [0.05, 0.1) is 19.3 Å². The number of rotatable bonds is 7. The van der Waals surface area contributed by atoms with Crippen LogP contribution in [0.15, 0.2) is 0 Å². The predicted octanol–water partition coefficient (Wildman–Crippen LogP) is -0.671. The highest BCUT2D eigenvalue weighted by Crippen LogP contribution is 2.01. The number of carbonyl (C=O) groups is 1. The first-order chi connectivity index (χ1) is 6.57. The molecular formula is C8H18FN3O2. The molecule has 5 nitrogen and oxygen atoms in total. The molecule has 0 aromatic rings. The molecule has 0 aromatic carbocycles. The van der Waals surface area contributed by atoms with E-state index < -0.39 is 12.3 Å². The SMILES string of the molecule is CC(=O)NCC(F)C(C)OCCNN. The Morgan fingerprint density at radius 1 is 1.64 bits per heavy atom. The number of nitrogens with one attached hydrogen (secondary N) is 2. The first-order valence-electron chi connectivity index (χ1n) is 4.51. The van der Waals surface area contributed by atoms with Crippen molar-refractivity contribution in [3.63, 3.8) is 0 Å². The van der Waals surface area contributed by atoms with E-state index in [0.29, 0.717) is 13.2 Å². The summed E-state index contributed by atoms with van der Waals surface area (Å²) in [5.41, 5.74) is 2.40. The monoisotopic (exact) mass is 207 g/mol. The van der Waals surface area contributed by atoms with Crippen LogP contribution in [0.2, 0.25) is 0 Å². The van der Waals surface area contributed by atoms with Crippen LogP contribution in [0.1, 0.15) is 13.8 Å². The molecule has 0 spiro atoms. The Morgan fingerprint density at radius 3 is 2.79 bits per heavy atom. The lowest BCUT2D eigenvalue weighted by Crippen LogP contribution is -2.36. The van der Waals surface area contributed by atoms with Gasteiger partial charge in [-0.1, -0.05) is 0 Å². The summed E-state index contributed by atoms with van der Waals surface area (Å²) in [6.45, 7) is 3.75. The molecule has 0 rings (SSSR count). The topological polar surface area (TPSA) is 76.4 Å². The van der Waals surface area contributed by atoms with Crippen molar-refractivity contribution in [3.8, 4) is 0 Å². The number of amides is 1. The van der Waals surface area contributed by atoms with Crippen LogP contribution in [0, 0.1) is 0 Å². The first kappa shape index (κ1) is 13.3. The van der Waals surface area contributed by atoms with Gasteiger partial charge >= 0.3 is 0 Å². The summed E-state index contributed by atoms with van der Waals surface area (Å²) in [7, 11) is 0. The fraction of sp³-hybridized carbons (Fsp3) is 0.875. The summed E-state index contributed by atoms with van der Waals surface area (Å²) < 4.78 is 18.3. The lowest BCUT2D eigenvalue weighted by Gasteiger charge is -2.17. The van der Waals surface area contributed by atoms with Crippen molar-refractivity contribution in [2.45, 2.75) is 26.1 Å². The van der Waals surface area contributed by atoms with E-state index in [9.17, 15) is 9.18 Å². The van der Waals surface area contributed by atoms with Gasteiger partial charge in [-0.3, -0.25) is 16.1 Å². The molecule has 0 heterocycles. The van der Waals surface area contributed by atoms with Gasteiger partial charge < -0.3 is 10.1 Å². The second kappa shape index (κ2) is 7.66. The molecule has 0 aliphatic rings. The molecule has 6 heteroatoms. The fourth-order valence-electron chi connectivity index (χ4n) is 0.815. The van der Waals surface area contributed by atoms with Crippen LogP contribution in [0.5, 0.6) is 0 Å². The van der Waals surface area contributed by atoms with E-state index in [1.807, 2.05) is 0 Å². The van der Waals surface area contributed by atoms with E-state index in [2.05, 4.69) is 10.7 Å². The van der Waals surface area contributed by atoms with Crippen molar-refractivity contribution >= 4 is 5.91 Å². The molecule has 1 amide bonds. The number of alkyl halides is 1. The molecule has 0 bridgehead atoms. The Bertz CT molecular complexity index is 169. The number of hydrogen-bond acceptors (Lipinski definition) is 4. The molecule has 0 aromatic heterocycles. The molecule has 0 aliphatic heterocycles. The molecule has 0 saturated heterocycles. The predicted molar refractivity (Wildman–Crippen MR) is 51.2 cm³/mol. The van der Waals surface area contributed by atoms with Crippen LogP contribution in [-0.4, -0.2) is 37.9 Å². The molecule has 0 aliphatic carbocycles. The largest absolute Gasteiger partial charge is 0.374 e. The Kier molecular flexibility index (Phi) is 7.27. The Hall–Kier alpha value is -0.720. The third-order valence-corrected chi connectivity index (χ3v) is 1.68. The smallest absolute Gasteiger partial charge is 0.216 e. The number of carbonyl (C=O) groups excluding carboxylic acids is 1. The van der Waals surface area contributed by atoms with Gasteiger partial charge in [0.15, 0.2) is 0 Å². The highest BCUT2D eigenvalue weighted by Gasteiger charge is 2.16. The summed E-state index contributed by atoms with van der Waals surface area (Å²) >= 11 is 0. The lowest BCUT2D eigenvalue weighted by molar-refractivity contribution is -0.119. The van der Waals surface area contributed by atoms with Crippen molar-refractivity contribution < 1.29 is 13.9 Å². The van der Waals surface area contributed by atoms with Crippen molar-refractivity contribution in [3.05, 3.63) is 0 Å². The van der Waals surface area contributed by atoms with E-state index in [1.54, 1.807) is 6.92 Å². The van der Waals surface area contributed by atoms with E-state index >= 15 is 0 Å². The minimum absolute atomic E-state index is 0.0213. The molecule has 2 unspecified atom stereocenters. The average Bonchev–Trinajstić information content (AvgIpc) is 2.14. The molecule has 0 saturated carbocycles. The standard InChI is InChI=1S/C8H18FN3O2/c1-6(14-4-3-12-10)8(9)5-11-7(2)13/h6,8,12H,3-5,10H2,1-2H3,(H,11,13). The van der Waals surface area contributed by atoms with Crippen LogP contribution < -0.4 is 16.6 Å². The summed E-state index contributed by atoms with van der Waals surface area (Å²) in [6, 6.07) is 0. The van der Waals surface area contributed by atoms with Gasteiger partial charge in [-0.05, 0) is 6.92 Å². The van der Waals surface area contributed by atoms with Crippen molar-refractivity contribution in [1.29, 1.82) is 0 Å². The lowest BCUT2D eigenvalue weighted by atomic mass is 10.2. The van der Waals surface area contributed by atoms with Gasteiger partial charge in [0.25, 0.3) is 0 Å². The zero-order chi connectivity index (χ0) is 11.0. The Morgan fingerprint density at radius 2 is 2.29 bits per heavy atom. The number of halogens is 1. The molecule has 0 radical (unpaired) electrons. The second-order valence-electron chi connectivity index (χ2n) is 2.98.